The largest absolute Gasteiger partial charge is 0.461 e. The van der Waals surface area contributed by atoms with Crippen LogP contribution in [0, 0.1) is 8.99 Å². The smallest absolute Gasteiger partial charge is 0.357 e. The van der Waals surface area contributed by atoms with Gasteiger partial charge in [0, 0.05) is 12.5 Å². The molecule has 4 fully saturated rings. The molecule has 6 heteroatoms. The molecule has 0 aliphatic heterocycles. The maximum atomic E-state index is 13.7. The lowest BCUT2D eigenvalue weighted by Crippen LogP contribution is -2.65. The fourth-order valence-electron chi connectivity index (χ4n) is 3.93. The Labute approximate surface area is 136 Å². The minimum atomic E-state index is -0.913. The number of halogens is 2. The van der Waals surface area contributed by atoms with Crippen LogP contribution in [-0.2, 0) is 11.3 Å². The van der Waals surface area contributed by atoms with Crippen LogP contribution >= 0.6 is 22.6 Å². The SMILES string of the molecule is CCOC(=O)c1c(I)c(C2CC2)nn1CC12CC(F)(C1)C2. The van der Waals surface area contributed by atoms with Gasteiger partial charge in [0.15, 0.2) is 5.69 Å². The van der Waals surface area contributed by atoms with E-state index in [4.69, 9.17) is 4.74 Å². The van der Waals surface area contributed by atoms with Gasteiger partial charge in [-0.15, -0.1) is 0 Å². The van der Waals surface area contributed by atoms with E-state index in [1.54, 1.807) is 11.6 Å². The molecular weight excluding hydrogens is 386 g/mol. The Bertz CT molecular complexity index is 604. The molecule has 0 unspecified atom stereocenters. The predicted molar refractivity (Wildman–Crippen MR) is 83.0 cm³/mol. The third-order valence-corrected chi connectivity index (χ3v) is 5.98. The van der Waals surface area contributed by atoms with E-state index >= 15 is 0 Å². The first-order valence-electron chi connectivity index (χ1n) is 7.58. The van der Waals surface area contributed by atoms with Crippen LogP contribution in [0.2, 0.25) is 0 Å². The Hall–Kier alpha value is -0.660. The number of hydrogen-bond donors (Lipinski definition) is 0. The van der Waals surface area contributed by atoms with Crippen molar-refractivity contribution in [1.29, 1.82) is 0 Å². The molecule has 4 aliphatic carbocycles. The Kier molecular flexibility index (Phi) is 2.94. The summed E-state index contributed by atoms with van der Waals surface area (Å²) in [6.07, 6.45) is 4.16. The van der Waals surface area contributed by atoms with E-state index in [2.05, 4.69) is 27.7 Å². The molecule has 114 valence electrons. The number of esters is 1. The third kappa shape index (κ3) is 2.12. The van der Waals surface area contributed by atoms with Crippen molar-refractivity contribution in [2.24, 2.45) is 5.41 Å². The molecule has 0 saturated heterocycles. The summed E-state index contributed by atoms with van der Waals surface area (Å²) < 4.78 is 21.6. The topological polar surface area (TPSA) is 44.1 Å². The number of ether oxygens (including phenoxy) is 1. The summed E-state index contributed by atoms with van der Waals surface area (Å²) in [6, 6.07) is 0. The molecule has 4 nitrogen and oxygen atoms in total. The number of nitrogens with zero attached hydrogens (tertiary/aromatic N) is 2. The second kappa shape index (κ2) is 4.43. The number of hydrogen-bond acceptors (Lipinski definition) is 3. The number of rotatable bonds is 5. The number of aromatic nitrogens is 2. The second-order valence-electron chi connectivity index (χ2n) is 6.88. The minimum absolute atomic E-state index is 0.0336. The van der Waals surface area contributed by atoms with E-state index in [9.17, 15) is 9.18 Å². The zero-order valence-electron chi connectivity index (χ0n) is 12.0. The fourth-order valence-corrected chi connectivity index (χ4v) is 4.98. The van der Waals surface area contributed by atoms with Crippen molar-refractivity contribution in [2.75, 3.05) is 6.61 Å². The van der Waals surface area contributed by atoms with Crippen LogP contribution in [0.25, 0.3) is 0 Å². The van der Waals surface area contributed by atoms with Crippen LogP contribution in [0.4, 0.5) is 4.39 Å². The van der Waals surface area contributed by atoms with Gasteiger partial charge in [-0.1, -0.05) is 0 Å². The van der Waals surface area contributed by atoms with E-state index in [0.717, 1.165) is 22.1 Å². The Morgan fingerprint density at radius 2 is 2.14 bits per heavy atom. The van der Waals surface area contributed by atoms with Crippen LogP contribution in [0.15, 0.2) is 0 Å². The number of alkyl halides is 1. The van der Waals surface area contributed by atoms with Crippen molar-refractivity contribution in [1.82, 2.24) is 9.78 Å². The first kappa shape index (κ1) is 14.0. The molecule has 1 heterocycles. The molecule has 0 aromatic carbocycles. The van der Waals surface area contributed by atoms with Gasteiger partial charge >= 0.3 is 5.97 Å². The van der Waals surface area contributed by atoms with Gasteiger partial charge in [-0.3, -0.25) is 4.68 Å². The monoisotopic (exact) mass is 404 g/mol. The Morgan fingerprint density at radius 3 is 2.67 bits per heavy atom. The highest BCUT2D eigenvalue weighted by Crippen LogP contribution is 2.70. The Morgan fingerprint density at radius 1 is 1.48 bits per heavy atom. The molecule has 0 atom stereocenters. The van der Waals surface area contributed by atoms with Gasteiger partial charge in [0.25, 0.3) is 0 Å². The average Bonchev–Trinajstić information content (AvgIpc) is 3.12. The quantitative estimate of drug-likeness (QED) is 0.558. The molecule has 21 heavy (non-hydrogen) atoms. The highest BCUT2D eigenvalue weighted by molar-refractivity contribution is 14.1. The van der Waals surface area contributed by atoms with Crippen molar-refractivity contribution in [3.05, 3.63) is 15.0 Å². The van der Waals surface area contributed by atoms with Gasteiger partial charge < -0.3 is 4.74 Å². The predicted octanol–water partition coefficient (Wildman–Crippen LogP) is 3.43. The van der Waals surface area contributed by atoms with Gasteiger partial charge in [-0.05, 0) is 67.0 Å². The molecule has 0 amide bonds. The van der Waals surface area contributed by atoms with Crippen molar-refractivity contribution in [2.45, 2.75) is 57.2 Å². The summed E-state index contributed by atoms with van der Waals surface area (Å²) in [5.74, 6) is 0.190. The van der Waals surface area contributed by atoms with Crippen molar-refractivity contribution in [3.8, 4) is 0 Å². The van der Waals surface area contributed by atoms with E-state index in [1.807, 2.05) is 0 Å². The minimum Gasteiger partial charge on any atom is -0.461 e. The number of carbonyl (C=O) groups is 1. The summed E-state index contributed by atoms with van der Waals surface area (Å²) in [5, 5.41) is 4.68. The van der Waals surface area contributed by atoms with E-state index in [0.29, 0.717) is 44.0 Å². The van der Waals surface area contributed by atoms with E-state index < -0.39 is 5.67 Å². The van der Waals surface area contributed by atoms with Crippen LogP contribution in [0.5, 0.6) is 0 Å². The fraction of sp³-hybridized carbons (Fsp3) is 0.733. The molecule has 1 aromatic rings. The second-order valence-corrected chi connectivity index (χ2v) is 7.96. The van der Waals surface area contributed by atoms with Crippen LogP contribution in [-0.4, -0.2) is 28.0 Å². The van der Waals surface area contributed by atoms with Gasteiger partial charge in [-0.2, -0.15) is 5.10 Å². The van der Waals surface area contributed by atoms with Gasteiger partial charge in [0.05, 0.1) is 15.9 Å². The summed E-state index contributed by atoms with van der Waals surface area (Å²) in [7, 11) is 0. The van der Waals surface area contributed by atoms with Gasteiger partial charge in [0.2, 0.25) is 0 Å². The molecule has 0 N–H and O–H groups in total. The Balaban J connectivity index is 1.64. The lowest BCUT2D eigenvalue weighted by Gasteiger charge is -2.65. The molecule has 4 aliphatic rings. The maximum absolute atomic E-state index is 13.7. The lowest BCUT2D eigenvalue weighted by atomic mass is 9.42. The molecular formula is C15H18FIN2O2. The maximum Gasteiger partial charge on any atom is 0.357 e. The average molecular weight is 404 g/mol. The van der Waals surface area contributed by atoms with Gasteiger partial charge in [-0.25, -0.2) is 9.18 Å². The summed E-state index contributed by atoms with van der Waals surface area (Å²) in [5.41, 5.74) is 0.715. The van der Waals surface area contributed by atoms with Crippen molar-refractivity contribution in [3.63, 3.8) is 0 Å². The number of carbonyl (C=O) groups excluding carboxylic acids is 1. The molecule has 0 radical (unpaired) electrons. The highest BCUT2D eigenvalue weighted by Gasteiger charge is 2.69. The zero-order valence-corrected chi connectivity index (χ0v) is 14.2. The molecule has 4 saturated carbocycles. The molecule has 0 spiro atoms. The van der Waals surface area contributed by atoms with Crippen molar-refractivity contribution < 1.29 is 13.9 Å². The first-order valence-corrected chi connectivity index (χ1v) is 8.65. The molecule has 1 aromatic heterocycles. The van der Waals surface area contributed by atoms with Crippen LogP contribution < -0.4 is 0 Å². The summed E-state index contributed by atoms with van der Waals surface area (Å²) in [4.78, 5) is 12.2. The summed E-state index contributed by atoms with van der Waals surface area (Å²) >= 11 is 2.21. The zero-order chi connectivity index (χ0) is 14.8. The van der Waals surface area contributed by atoms with Crippen LogP contribution in [0.3, 0.4) is 0 Å². The van der Waals surface area contributed by atoms with E-state index in [1.165, 1.54) is 0 Å². The standard InChI is InChI=1S/C15H18FIN2O2/c1-2-21-13(20)12-10(17)11(9-3-4-9)18-19(12)8-14-5-15(16,6-14)7-14/h9H,2-8H2,1H3. The first-order chi connectivity index (χ1) is 9.95. The van der Waals surface area contributed by atoms with Crippen LogP contribution in [0.1, 0.15) is 61.1 Å². The third-order valence-electron chi connectivity index (χ3n) is 4.91. The van der Waals surface area contributed by atoms with Gasteiger partial charge in [0.1, 0.15) is 5.67 Å². The van der Waals surface area contributed by atoms with E-state index in [-0.39, 0.29) is 11.4 Å². The highest BCUT2D eigenvalue weighted by atomic mass is 127. The molecule has 5 rings (SSSR count). The summed E-state index contributed by atoms with van der Waals surface area (Å²) in [6.45, 7) is 2.81. The van der Waals surface area contributed by atoms with Crippen molar-refractivity contribution >= 4 is 28.6 Å². The lowest BCUT2D eigenvalue weighted by molar-refractivity contribution is -0.221. The normalized spacial score (nSPS) is 33.3. The molecule has 2 bridgehead atoms.